The number of hydrogen-bond acceptors (Lipinski definition) is 4. The van der Waals surface area contributed by atoms with Gasteiger partial charge in [0.25, 0.3) is 10.0 Å². The van der Waals surface area contributed by atoms with Gasteiger partial charge in [-0.1, -0.05) is 40.2 Å². The summed E-state index contributed by atoms with van der Waals surface area (Å²) in [6.07, 6.45) is 0. The van der Waals surface area contributed by atoms with Crippen molar-refractivity contribution >= 4 is 43.2 Å². The van der Waals surface area contributed by atoms with Gasteiger partial charge in [-0.05, 0) is 48.0 Å². The summed E-state index contributed by atoms with van der Waals surface area (Å²) in [4.78, 5) is 11.7. The summed E-state index contributed by atoms with van der Waals surface area (Å²) >= 11 is 3.40. The number of benzene rings is 3. The van der Waals surface area contributed by atoms with Crippen LogP contribution in [-0.4, -0.2) is 26.5 Å². The standard InChI is InChI=1S/C22H16BrNO5S/c1-24-21-10-9-16(29-15-6-4-5-14(23)11-15)12-19(21)20(13-30(24,27)28)17-7-2-3-8-18(17)22(25)26/h2-13H,1H3,(H,25,26). The van der Waals surface area contributed by atoms with E-state index < -0.39 is 16.0 Å². The van der Waals surface area contributed by atoms with Crippen LogP contribution in [0, 0.1) is 0 Å². The Balaban J connectivity index is 1.88. The predicted octanol–water partition coefficient (Wildman–Crippen LogP) is 5.11. The van der Waals surface area contributed by atoms with E-state index in [2.05, 4.69) is 15.9 Å². The van der Waals surface area contributed by atoms with Crippen molar-refractivity contribution in [1.82, 2.24) is 0 Å². The third-order valence-corrected chi connectivity index (χ3v) is 6.71. The summed E-state index contributed by atoms with van der Waals surface area (Å²) in [5, 5.41) is 10.7. The Morgan fingerprint density at radius 1 is 0.967 bits per heavy atom. The normalized spacial score (nSPS) is 14.6. The van der Waals surface area contributed by atoms with Crippen molar-refractivity contribution in [3.63, 3.8) is 0 Å². The van der Waals surface area contributed by atoms with Crippen LogP contribution in [0.15, 0.2) is 76.6 Å². The second-order valence-corrected chi connectivity index (χ2v) is 9.36. The molecular formula is C22H16BrNO5S. The molecule has 6 nitrogen and oxygen atoms in total. The number of hydrogen-bond donors (Lipinski definition) is 1. The highest BCUT2D eigenvalue weighted by atomic mass is 79.9. The third-order valence-electron chi connectivity index (χ3n) is 4.73. The molecule has 0 radical (unpaired) electrons. The second kappa shape index (κ2) is 7.62. The maximum absolute atomic E-state index is 12.7. The van der Waals surface area contributed by atoms with Gasteiger partial charge >= 0.3 is 5.97 Å². The van der Waals surface area contributed by atoms with Crippen LogP contribution in [-0.2, 0) is 10.0 Å². The average Bonchev–Trinajstić information content (AvgIpc) is 2.71. The van der Waals surface area contributed by atoms with Crippen LogP contribution in [0.3, 0.4) is 0 Å². The minimum atomic E-state index is -3.76. The number of carbonyl (C=O) groups is 1. The molecule has 1 aliphatic heterocycles. The van der Waals surface area contributed by atoms with Crippen LogP contribution in [0.4, 0.5) is 5.69 Å². The maximum Gasteiger partial charge on any atom is 0.336 e. The smallest absolute Gasteiger partial charge is 0.336 e. The molecule has 3 aromatic rings. The second-order valence-electron chi connectivity index (χ2n) is 6.63. The summed E-state index contributed by atoms with van der Waals surface area (Å²) in [7, 11) is -2.30. The molecule has 8 heteroatoms. The number of anilines is 1. The topological polar surface area (TPSA) is 83.9 Å². The Labute approximate surface area is 182 Å². The zero-order valence-electron chi connectivity index (χ0n) is 15.7. The zero-order chi connectivity index (χ0) is 21.5. The first-order chi connectivity index (χ1) is 14.3. The molecule has 0 aromatic heterocycles. The molecule has 0 spiro atoms. The lowest BCUT2D eigenvalue weighted by Gasteiger charge is -2.28. The molecule has 1 N–H and O–H groups in total. The van der Waals surface area contributed by atoms with Crippen LogP contribution < -0.4 is 9.04 Å². The molecule has 152 valence electrons. The molecule has 4 rings (SSSR count). The van der Waals surface area contributed by atoms with Crippen LogP contribution in [0.25, 0.3) is 5.57 Å². The van der Waals surface area contributed by atoms with Gasteiger partial charge in [-0.25, -0.2) is 13.2 Å². The number of aromatic carboxylic acids is 1. The van der Waals surface area contributed by atoms with Crippen molar-refractivity contribution < 1.29 is 23.1 Å². The lowest BCUT2D eigenvalue weighted by Crippen LogP contribution is -2.28. The Bertz CT molecular complexity index is 1300. The van der Waals surface area contributed by atoms with Gasteiger partial charge in [-0.3, -0.25) is 4.31 Å². The predicted molar refractivity (Wildman–Crippen MR) is 118 cm³/mol. The van der Waals surface area contributed by atoms with Crippen LogP contribution in [0.1, 0.15) is 21.5 Å². The fourth-order valence-corrected chi connectivity index (χ4v) is 4.80. The van der Waals surface area contributed by atoms with Gasteiger partial charge in [0.15, 0.2) is 0 Å². The van der Waals surface area contributed by atoms with Crippen molar-refractivity contribution in [2.75, 3.05) is 11.4 Å². The van der Waals surface area contributed by atoms with Crippen LogP contribution in [0.5, 0.6) is 11.5 Å². The first kappa shape index (κ1) is 20.2. The average molecular weight is 486 g/mol. The monoisotopic (exact) mass is 485 g/mol. The zero-order valence-corrected chi connectivity index (χ0v) is 18.1. The van der Waals surface area contributed by atoms with Crippen LogP contribution >= 0.6 is 15.9 Å². The molecule has 3 aromatic carbocycles. The first-order valence-electron chi connectivity index (χ1n) is 8.87. The molecule has 0 aliphatic carbocycles. The van der Waals surface area contributed by atoms with Crippen molar-refractivity contribution in [2.45, 2.75) is 0 Å². The number of nitrogens with zero attached hydrogens (tertiary/aromatic N) is 1. The molecule has 0 bridgehead atoms. The molecule has 30 heavy (non-hydrogen) atoms. The first-order valence-corrected chi connectivity index (χ1v) is 11.2. The number of carboxylic acids is 1. The van der Waals surface area contributed by atoms with Crippen LogP contribution in [0.2, 0.25) is 0 Å². The van der Waals surface area contributed by atoms with Gasteiger partial charge in [0, 0.05) is 22.7 Å². The van der Waals surface area contributed by atoms with E-state index in [-0.39, 0.29) is 5.56 Å². The molecule has 0 saturated carbocycles. The highest BCUT2D eigenvalue weighted by molar-refractivity contribution is 9.10. The summed E-state index contributed by atoms with van der Waals surface area (Å²) in [6.45, 7) is 0. The van der Waals surface area contributed by atoms with E-state index in [0.29, 0.717) is 33.9 Å². The minimum Gasteiger partial charge on any atom is -0.478 e. The Kier molecular flexibility index (Phi) is 5.13. The molecule has 0 unspecified atom stereocenters. The van der Waals surface area contributed by atoms with E-state index in [1.165, 1.54) is 13.1 Å². The minimum absolute atomic E-state index is 0.0211. The summed E-state index contributed by atoms with van der Waals surface area (Å²) in [5.41, 5.74) is 1.65. The van der Waals surface area contributed by atoms with Crippen molar-refractivity contribution in [3.8, 4) is 11.5 Å². The number of halogens is 1. The SMILES string of the molecule is CN1c2ccc(Oc3cccc(Br)c3)cc2C(c2ccccc2C(=O)O)=CS1(=O)=O. The van der Waals surface area contributed by atoms with Gasteiger partial charge in [0.05, 0.1) is 16.7 Å². The molecular weight excluding hydrogens is 470 g/mol. The van der Waals surface area contributed by atoms with E-state index in [1.54, 1.807) is 42.5 Å². The Hall–Kier alpha value is -3.10. The summed E-state index contributed by atoms with van der Waals surface area (Å²) in [6, 6.07) is 18.7. The van der Waals surface area contributed by atoms with E-state index >= 15 is 0 Å². The van der Waals surface area contributed by atoms with Gasteiger partial charge in [0.1, 0.15) is 11.5 Å². The quantitative estimate of drug-likeness (QED) is 0.554. The number of rotatable bonds is 4. The highest BCUT2D eigenvalue weighted by Gasteiger charge is 2.29. The Morgan fingerprint density at radius 3 is 2.43 bits per heavy atom. The van der Waals surface area contributed by atoms with Gasteiger partial charge < -0.3 is 9.84 Å². The lowest BCUT2D eigenvalue weighted by atomic mass is 9.93. The summed E-state index contributed by atoms with van der Waals surface area (Å²) in [5.74, 6) is -0.0262. The van der Waals surface area contributed by atoms with Crippen molar-refractivity contribution in [3.05, 3.63) is 93.3 Å². The third kappa shape index (κ3) is 3.71. The Morgan fingerprint density at radius 2 is 1.70 bits per heavy atom. The number of sulfonamides is 1. The van der Waals surface area contributed by atoms with Gasteiger partial charge in [-0.15, -0.1) is 0 Å². The fourth-order valence-electron chi connectivity index (χ4n) is 3.28. The highest BCUT2D eigenvalue weighted by Crippen LogP contribution is 2.41. The van der Waals surface area contributed by atoms with Crippen molar-refractivity contribution in [1.29, 1.82) is 0 Å². The molecule has 0 amide bonds. The summed E-state index contributed by atoms with van der Waals surface area (Å²) < 4.78 is 33.3. The molecule has 1 aliphatic rings. The largest absolute Gasteiger partial charge is 0.478 e. The van der Waals surface area contributed by atoms with E-state index in [9.17, 15) is 18.3 Å². The molecule has 1 heterocycles. The molecule has 0 saturated heterocycles. The molecule has 0 atom stereocenters. The van der Waals surface area contributed by atoms with Gasteiger partial charge in [0.2, 0.25) is 0 Å². The number of fused-ring (bicyclic) bond motifs is 1. The number of ether oxygens (including phenoxy) is 1. The fraction of sp³-hybridized carbons (Fsp3) is 0.0455. The van der Waals surface area contributed by atoms with E-state index in [4.69, 9.17) is 4.74 Å². The number of carboxylic acid groups (broad SMARTS) is 1. The van der Waals surface area contributed by atoms with E-state index in [0.717, 1.165) is 14.2 Å². The molecule has 0 fully saturated rings. The van der Waals surface area contributed by atoms with Crippen molar-refractivity contribution in [2.24, 2.45) is 0 Å². The van der Waals surface area contributed by atoms with E-state index in [1.807, 2.05) is 18.2 Å². The van der Waals surface area contributed by atoms with Gasteiger partial charge in [-0.2, -0.15) is 0 Å². The maximum atomic E-state index is 12.7. The lowest BCUT2D eigenvalue weighted by molar-refractivity contribution is 0.0696.